The molecule has 1 fully saturated rings. The van der Waals surface area contributed by atoms with Gasteiger partial charge in [0.05, 0.1) is 23.6 Å². The molecule has 0 saturated carbocycles. The molecule has 8 nitrogen and oxygen atoms in total. The Balaban J connectivity index is 1.59. The summed E-state index contributed by atoms with van der Waals surface area (Å²) in [7, 11) is 1.53. The van der Waals surface area contributed by atoms with Crippen molar-refractivity contribution in [3.63, 3.8) is 0 Å². The number of likely N-dealkylation sites (tertiary alicyclic amines) is 1. The highest BCUT2D eigenvalue weighted by atomic mass is 16.6. The monoisotopic (exact) mass is 578 g/mol. The van der Waals surface area contributed by atoms with Gasteiger partial charge in [-0.15, -0.1) is 0 Å². The van der Waals surface area contributed by atoms with Crippen LogP contribution in [0.25, 0.3) is 5.76 Å². The number of nitro benzene ring substituents is 1. The molecule has 1 N–H and O–H groups in total. The molecule has 8 heteroatoms. The topological polar surface area (TPSA) is 110 Å². The molecule has 2 aromatic rings. The summed E-state index contributed by atoms with van der Waals surface area (Å²) in [6, 6.07) is 11.6. The summed E-state index contributed by atoms with van der Waals surface area (Å²) in [6.07, 6.45) is 17.0. The van der Waals surface area contributed by atoms with Gasteiger partial charge in [0, 0.05) is 24.2 Å². The van der Waals surface area contributed by atoms with Crippen LogP contribution in [-0.2, 0) is 9.59 Å². The average Bonchev–Trinajstić information content (AvgIpc) is 3.26. The number of methoxy groups -OCH3 is 1. The Morgan fingerprint density at radius 2 is 1.31 bits per heavy atom. The van der Waals surface area contributed by atoms with Crippen LogP contribution in [0, 0.1) is 10.1 Å². The first-order valence-corrected chi connectivity index (χ1v) is 15.6. The van der Waals surface area contributed by atoms with Crippen molar-refractivity contribution in [1.82, 2.24) is 4.90 Å². The molecule has 42 heavy (non-hydrogen) atoms. The van der Waals surface area contributed by atoms with Crippen LogP contribution in [0.1, 0.15) is 114 Å². The summed E-state index contributed by atoms with van der Waals surface area (Å²) < 4.78 is 5.18. The zero-order valence-electron chi connectivity index (χ0n) is 25.2. The van der Waals surface area contributed by atoms with Crippen molar-refractivity contribution in [2.24, 2.45) is 0 Å². The fraction of sp³-hybridized carbons (Fsp3) is 0.529. The van der Waals surface area contributed by atoms with Crippen molar-refractivity contribution in [2.45, 2.75) is 103 Å². The minimum absolute atomic E-state index is 0.00983. The van der Waals surface area contributed by atoms with Gasteiger partial charge in [0.2, 0.25) is 0 Å². The molecule has 1 saturated heterocycles. The molecule has 228 valence electrons. The molecule has 0 spiro atoms. The Morgan fingerprint density at radius 1 is 0.810 bits per heavy atom. The fourth-order valence-electron chi connectivity index (χ4n) is 5.62. The molecule has 0 unspecified atom stereocenters. The van der Waals surface area contributed by atoms with Gasteiger partial charge in [0.25, 0.3) is 17.4 Å². The van der Waals surface area contributed by atoms with Crippen molar-refractivity contribution in [1.29, 1.82) is 0 Å². The Bertz CT molecular complexity index is 1190. The van der Waals surface area contributed by atoms with E-state index in [1.54, 1.807) is 36.4 Å². The Kier molecular flexibility index (Phi) is 13.5. The zero-order chi connectivity index (χ0) is 30.3. The molecule has 0 aliphatic carbocycles. The lowest BCUT2D eigenvalue weighted by atomic mass is 9.95. The maximum Gasteiger partial charge on any atom is 0.295 e. The van der Waals surface area contributed by atoms with Gasteiger partial charge in [-0.1, -0.05) is 90.4 Å². The number of unbranched alkanes of at least 4 members (excludes halogenated alkanes) is 13. The summed E-state index contributed by atoms with van der Waals surface area (Å²) in [5.41, 5.74) is 0.833. The van der Waals surface area contributed by atoms with Crippen LogP contribution < -0.4 is 4.74 Å². The number of nitrogens with zero attached hydrogens (tertiary/aromatic N) is 2. The quantitative estimate of drug-likeness (QED) is 0.0447. The minimum Gasteiger partial charge on any atom is -0.507 e. The Morgan fingerprint density at radius 3 is 1.79 bits per heavy atom. The van der Waals surface area contributed by atoms with E-state index in [1.165, 1.54) is 88.4 Å². The van der Waals surface area contributed by atoms with Gasteiger partial charge in [-0.25, -0.2) is 0 Å². The summed E-state index contributed by atoms with van der Waals surface area (Å²) in [4.78, 5) is 38.6. The standard InChI is InChI=1S/C34H46N2O6/c1-3-4-5-6-7-8-9-10-11-12-13-14-15-16-25-35-31(26-17-21-28(22-18-26)36(40)41)30(33(38)34(35)39)32(37)27-19-23-29(42-2)24-20-27/h17-24,31,37H,3-16,25H2,1-2H3/b32-30+/t31-/m0/s1. The third-order valence-corrected chi connectivity index (χ3v) is 8.08. The second kappa shape index (κ2) is 17.3. The summed E-state index contributed by atoms with van der Waals surface area (Å²) >= 11 is 0. The minimum atomic E-state index is -0.824. The first kappa shape index (κ1) is 32.8. The summed E-state index contributed by atoms with van der Waals surface area (Å²) in [5.74, 6) is -1.10. The lowest BCUT2D eigenvalue weighted by molar-refractivity contribution is -0.384. The van der Waals surface area contributed by atoms with Crippen LogP contribution in [0.15, 0.2) is 54.1 Å². The number of Topliss-reactive ketones (excluding diaryl/α,β-unsaturated/α-hetero) is 1. The Labute approximate surface area is 249 Å². The predicted molar refractivity (Wildman–Crippen MR) is 165 cm³/mol. The van der Waals surface area contributed by atoms with E-state index >= 15 is 0 Å². The summed E-state index contributed by atoms with van der Waals surface area (Å²) in [5, 5.41) is 22.4. The van der Waals surface area contributed by atoms with Crippen molar-refractivity contribution in [3.05, 3.63) is 75.3 Å². The molecule has 1 heterocycles. The molecule has 3 rings (SSSR count). The molecular weight excluding hydrogens is 532 g/mol. The van der Waals surface area contributed by atoms with Gasteiger partial charge in [0.1, 0.15) is 11.5 Å². The smallest absolute Gasteiger partial charge is 0.295 e. The van der Waals surface area contributed by atoms with Crippen molar-refractivity contribution >= 4 is 23.1 Å². The predicted octanol–water partition coefficient (Wildman–Crippen LogP) is 8.51. The van der Waals surface area contributed by atoms with Crippen LogP contribution in [0.3, 0.4) is 0 Å². The third-order valence-electron chi connectivity index (χ3n) is 8.08. The van der Waals surface area contributed by atoms with Crippen LogP contribution in [-0.4, -0.2) is 40.3 Å². The van der Waals surface area contributed by atoms with E-state index < -0.39 is 22.7 Å². The van der Waals surface area contributed by atoms with Crippen molar-refractivity contribution in [3.8, 4) is 5.75 Å². The van der Waals surface area contributed by atoms with Crippen molar-refractivity contribution in [2.75, 3.05) is 13.7 Å². The number of rotatable bonds is 19. The van der Waals surface area contributed by atoms with Crippen LogP contribution in [0.2, 0.25) is 0 Å². The van der Waals surface area contributed by atoms with Gasteiger partial charge in [-0.05, 0) is 48.4 Å². The number of ether oxygens (including phenoxy) is 1. The number of amides is 1. The highest BCUT2D eigenvalue weighted by molar-refractivity contribution is 6.46. The maximum atomic E-state index is 13.2. The number of hydrogen-bond donors (Lipinski definition) is 1. The molecule has 1 amide bonds. The normalized spacial score (nSPS) is 16.2. The number of hydrogen-bond acceptors (Lipinski definition) is 6. The SMILES string of the molecule is CCCCCCCCCCCCCCCCN1C(=O)C(=O)/C(=C(/O)c2ccc(OC)cc2)[C@@H]1c1ccc([N+](=O)[O-])cc1. The van der Waals surface area contributed by atoms with E-state index in [1.807, 2.05) is 0 Å². The lowest BCUT2D eigenvalue weighted by Gasteiger charge is -2.25. The van der Waals surface area contributed by atoms with E-state index in [2.05, 4.69) is 6.92 Å². The zero-order valence-corrected chi connectivity index (χ0v) is 25.2. The second-order valence-electron chi connectivity index (χ2n) is 11.2. The first-order valence-electron chi connectivity index (χ1n) is 15.6. The van der Waals surface area contributed by atoms with E-state index in [-0.39, 0.29) is 17.0 Å². The molecule has 1 aliphatic heterocycles. The van der Waals surface area contributed by atoms with E-state index in [4.69, 9.17) is 4.74 Å². The van der Waals surface area contributed by atoms with Gasteiger partial charge >= 0.3 is 0 Å². The molecule has 0 bridgehead atoms. The van der Waals surface area contributed by atoms with Gasteiger partial charge in [-0.2, -0.15) is 0 Å². The van der Waals surface area contributed by atoms with E-state index in [0.29, 0.717) is 23.4 Å². The second-order valence-corrected chi connectivity index (χ2v) is 11.2. The number of nitro groups is 1. The molecule has 2 aromatic carbocycles. The maximum absolute atomic E-state index is 13.2. The number of aliphatic hydroxyl groups is 1. The average molecular weight is 579 g/mol. The largest absolute Gasteiger partial charge is 0.507 e. The molecule has 0 radical (unpaired) electrons. The third kappa shape index (κ3) is 9.16. The highest BCUT2D eigenvalue weighted by Gasteiger charge is 2.45. The molecule has 1 aliphatic rings. The van der Waals surface area contributed by atoms with Crippen molar-refractivity contribution < 1.29 is 24.4 Å². The number of carbonyl (C=O) groups is 2. The summed E-state index contributed by atoms with van der Waals surface area (Å²) in [6.45, 7) is 2.61. The number of benzene rings is 2. The molecular formula is C34H46N2O6. The lowest BCUT2D eigenvalue weighted by Crippen LogP contribution is -2.30. The molecule has 1 atom stereocenters. The van der Waals surface area contributed by atoms with Gasteiger partial charge in [-0.3, -0.25) is 19.7 Å². The first-order chi connectivity index (χ1) is 20.4. The number of ketones is 1. The highest BCUT2D eigenvalue weighted by Crippen LogP contribution is 2.40. The fourth-order valence-corrected chi connectivity index (χ4v) is 5.62. The number of non-ortho nitro benzene ring substituents is 1. The van der Waals surface area contributed by atoms with Crippen LogP contribution in [0.5, 0.6) is 5.75 Å². The van der Waals surface area contributed by atoms with Gasteiger partial charge in [0.15, 0.2) is 0 Å². The van der Waals surface area contributed by atoms with E-state index in [9.17, 15) is 24.8 Å². The van der Waals surface area contributed by atoms with Crippen LogP contribution in [0.4, 0.5) is 5.69 Å². The van der Waals surface area contributed by atoms with Crippen LogP contribution >= 0.6 is 0 Å². The molecule has 0 aromatic heterocycles. The Hall–Kier alpha value is -3.68. The number of carbonyl (C=O) groups excluding carboxylic acids is 2. The number of aliphatic hydroxyl groups excluding tert-OH is 1. The van der Waals surface area contributed by atoms with Gasteiger partial charge < -0.3 is 14.7 Å². The van der Waals surface area contributed by atoms with E-state index in [0.717, 1.165) is 25.7 Å².